The molecule has 2 heterocycles. The van der Waals surface area contributed by atoms with Crippen LogP contribution < -0.4 is 9.11 Å². The molecule has 1 amide bonds. The first-order valence-corrected chi connectivity index (χ1v) is 13.5. The van der Waals surface area contributed by atoms with Crippen molar-refractivity contribution in [2.45, 2.75) is 24.8 Å². The van der Waals surface area contributed by atoms with Crippen LogP contribution in [-0.2, 0) is 27.7 Å². The van der Waals surface area contributed by atoms with Crippen molar-refractivity contribution < 1.29 is 17.9 Å². The standard InChI is InChI=1S/C26H25N3O4S2/c1-18-7-12-23-24(17-18)34-26(28(23)15-16-33-2)27-25(30)20-8-10-21(11-9-20)35(31,32)29-14-13-19-5-3-4-6-22(19)29/h3-12,17H,13-16H2,1-2H3. The lowest BCUT2D eigenvalue weighted by Crippen LogP contribution is -2.29. The van der Waals surface area contributed by atoms with E-state index < -0.39 is 15.9 Å². The third kappa shape index (κ3) is 4.42. The second kappa shape index (κ2) is 9.41. The predicted octanol–water partition coefficient (Wildman–Crippen LogP) is 4.15. The number of aryl methyl sites for hydroxylation is 1. The summed E-state index contributed by atoms with van der Waals surface area (Å²) in [5, 5.41) is 0. The number of fused-ring (bicyclic) bond motifs is 2. The molecule has 0 unspecified atom stereocenters. The van der Waals surface area contributed by atoms with E-state index >= 15 is 0 Å². The fourth-order valence-electron chi connectivity index (χ4n) is 4.27. The summed E-state index contributed by atoms with van der Waals surface area (Å²) in [4.78, 5) is 18.1. The van der Waals surface area contributed by atoms with Gasteiger partial charge in [0.25, 0.3) is 15.9 Å². The number of sulfonamides is 1. The van der Waals surface area contributed by atoms with Crippen LogP contribution in [0.1, 0.15) is 21.5 Å². The van der Waals surface area contributed by atoms with E-state index in [0.29, 0.717) is 42.2 Å². The Balaban J connectivity index is 1.45. The average molecular weight is 508 g/mol. The van der Waals surface area contributed by atoms with E-state index in [-0.39, 0.29) is 4.90 Å². The van der Waals surface area contributed by atoms with E-state index in [1.807, 2.05) is 47.9 Å². The molecule has 1 aromatic heterocycles. The second-order valence-electron chi connectivity index (χ2n) is 8.40. The molecule has 0 fully saturated rings. The first-order chi connectivity index (χ1) is 16.9. The molecule has 7 nitrogen and oxygen atoms in total. The van der Waals surface area contributed by atoms with Crippen molar-refractivity contribution in [2.75, 3.05) is 24.6 Å². The van der Waals surface area contributed by atoms with Crippen LogP contribution in [0.25, 0.3) is 10.2 Å². The van der Waals surface area contributed by atoms with Gasteiger partial charge in [0.15, 0.2) is 4.80 Å². The van der Waals surface area contributed by atoms with Gasteiger partial charge >= 0.3 is 0 Å². The van der Waals surface area contributed by atoms with Gasteiger partial charge in [0.2, 0.25) is 0 Å². The summed E-state index contributed by atoms with van der Waals surface area (Å²) >= 11 is 1.45. The van der Waals surface area contributed by atoms with Gasteiger partial charge in [0.1, 0.15) is 0 Å². The Morgan fingerprint density at radius 1 is 1.09 bits per heavy atom. The Morgan fingerprint density at radius 3 is 2.63 bits per heavy atom. The normalized spacial score (nSPS) is 14.0. The minimum Gasteiger partial charge on any atom is -0.383 e. The molecule has 4 aromatic rings. The van der Waals surface area contributed by atoms with E-state index in [9.17, 15) is 13.2 Å². The smallest absolute Gasteiger partial charge is 0.279 e. The van der Waals surface area contributed by atoms with Gasteiger partial charge in [-0.25, -0.2) is 8.42 Å². The van der Waals surface area contributed by atoms with Crippen molar-refractivity contribution in [2.24, 2.45) is 4.99 Å². The van der Waals surface area contributed by atoms with E-state index in [4.69, 9.17) is 4.74 Å². The molecule has 0 radical (unpaired) electrons. The summed E-state index contributed by atoms with van der Waals surface area (Å²) in [6.07, 6.45) is 0.683. The quantitative estimate of drug-likeness (QED) is 0.393. The highest BCUT2D eigenvalue weighted by atomic mass is 32.2. The number of ether oxygens (including phenoxy) is 1. The summed E-state index contributed by atoms with van der Waals surface area (Å²) in [6.45, 7) is 3.50. The van der Waals surface area contributed by atoms with Crippen molar-refractivity contribution >= 4 is 43.2 Å². The largest absolute Gasteiger partial charge is 0.383 e. The SMILES string of the molecule is COCCn1c(=NC(=O)c2ccc(S(=O)(=O)N3CCc4ccccc43)cc2)sc2cc(C)ccc21. The number of anilines is 1. The number of rotatable bonds is 6. The molecular weight excluding hydrogens is 482 g/mol. The zero-order valence-corrected chi connectivity index (χ0v) is 21.1. The van der Waals surface area contributed by atoms with Crippen LogP contribution in [0, 0.1) is 6.92 Å². The molecule has 0 bridgehead atoms. The van der Waals surface area contributed by atoms with Crippen LogP contribution in [0.2, 0.25) is 0 Å². The summed E-state index contributed by atoms with van der Waals surface area (Å²) in [5.41, 5.74) is 4.19. The molecule has 1 aliphatic rings. The number of amides is 1. The highest BCUT2D eigenvalue weighted by Crippen LogP contribution is 2.32. The van der Waals surface area contributed by atoms with E-state index in [0.717, 1.165) is 21.3 Å². The van der Waals surface area contributed by atoms with Gasteiger partial charge in [-0.1, -0.05) is 35.6 Å². The third-order valence-corrected chi connectivity index (χ3v) is 8.96. The van der Waals surface area contributed by atoms with Gasteiger partial charge in [0.05, 0.1) is 27.4 Å². The van der Waals surface area contributed by atoms with Gasteiger partial charge in [-0.3, -0.25) is 9.10 Å². The first kappa shape index (κ1) is 23.5. The number of benzene rings is 3. The zero-order valence-electron chi connectivity index (χ0n) is 19.5. The molecule has 9 heteroatoms. The van der Waals surface area contributed by atoms with Crippen molar-refractivity contribution in [1.29, 1.82) is 0 Å². The maximum absolute atomic E-state index is 13.2. The molecule has 0 N–H and O–H groups in total. The topological polar surface area (TPSA) is 81.0 Å². The molecule has 0 aliphatic carbocycles. The number of methoxy groups -OCH3 is 1. The van der Waals surface area contributed by atoms with E-state index in [1.165, 1.54) is 39.9 Å². The fraction of sp³-hybridized carbons (Fsp3) is 0.231. The highest BCUT2D eigenvalue weighted by Gasteiger charge is 2.30. The van der Waals surface area contributed by atoms with Crippen LogP contribution >= 0.6 is 11.3 Å². The molecule has 0 atom stereocenters. The third-order valence-electron chi connectivity index (χ3n) is 6.09. The maximum atomic E-state index is 13.2. The van der Waals surface area contributed by atoms with Crippen molar-refractivity contribution in [3.8, 4) is 0 Å². The van der Waals surface area contributed by atoms with Crippen LogP contribution in [0.15, 0.2) is 76.6 Å². The Labute approximate surface area is 208 Å². The Hall–Kier alpha value is -3.27. The lowest BCUT2D eigenvalue weighted by molar-refractivity contribution is 0.0997. The minimum atomic E-state index is -3.72. The number of carbonyl (C=O) groups excluding carboxylic acids is 1. The molecular formula is C26H25N3O4S2. The van der Waals surface area contributed by atoms with E-state index in [2.05, 4.69) is 11.1 Å². The van der Waals surface area contributed by atoms with Crippen LogP contribution in [0.4, 0.5) is 5.69 Å². The Morgan fingerprint density at radius 2 is 1.86 bits per heavy atom. The lowest BCUT2D eigenvalue weighted by Gasteiger charge is -2.19. The number of aromatic nitrogens is 1. The molecule has 35 heavy (non-hydrogen) atoms. The maximum Gasteiger partial charge on any atom is 0.279 e. The highest BCUT2D eigenvalue weighted by molar-refractivity contribution is 7.92. The van der Waals surface area contributed by atoms with Gasteiger partial charge in [-0.15, -0.1) is 0 Å². The molecule has 180 valence electrons. The monoisotopic (exact) mass is 507 g/mol. The molecule has 0 spiro atoms. The van der Waals surface area contributed by atoms with E-state index in [1.54, 1.807) is 7.11 Å². The Bertz CT molecular complexity index is 1590. The number of hydrogen-bond donors (Lipinski definition) is 0. The number of thiazole rings is 1. The minimum absolute atomic E-state index is 0.151. The average Bonchev–Trinajstić information content (AvgIpc) is 3.44. The van der Waals surface area contributed by atoms with Crippen molar-refractivity contribution in [3.05, 3.63) is 88.2 Å². The van der Waals surface area contributed by atoms with Crippen LogP contribution in [-0.4, -0.2) is 39.2 Å². The molecule has 5 rings (SSSR count). The summed E-state index contributed by atoms with van der Waals surface area (Å²) in [5.74, 6) is -0.421. The number of carbonyl (C=O) groups is 1. The van der Waals surface area contributed by atoms with Crippen molar-refractivity contribution in [1.82, 2.24) is 4.57 Å². The summed E-state index contributed by atoms with van der Waals surface area (Å²) in [7, 11) is -2.08. The number of nitrogens with zero attached hydrogens (tertiary/aromatic N) is 3. The van der Waals surface area contributed by atoms with Gasteiger partial charge in [-0.05, 0) is 66.9 Å². The van der Waals surface area contributed by atoms with Gasteiger partial charge in [-0.2, -0.15) is 4.99 Å². The number of para-hydroxylation sites is 1. The molecule has 0 saturated heterocycles. The summed E-state index contributed by atoms with van der Waals surface area (Å²) < 4.78 is 36.2. The molecule has 1 aliphatic heterocycles. The number of hydrogen-bond acceptors (Lipinski definition) is 5. The van der Waals surface area contributed by atoms with Crippen LogP contribution in [0.3, 0.4) is 0 Å². The van der Waals surface area contributed by atoms with Crippen LogP contribution in [0.5, 0.6) is 0 Å². The molecule has 0 saturated carbocycles. The first-order valence-electron chi connectivity index (χ1n) is 11.3. The predicted molar refractivity (Wildman–Crippen MR) is 137 cm³/mol. The second-order valence-corrected chi connectivity index (χ2v) is 11.3. The zero-order chi connectivity index (χ0) is 24.6. The summed E-state index contributed by atoms with van der Waals surface area (Å²) in [6, 6.07) is 19.7. The lowest BCUT2D eigenvalue weighted by atomic mass is 10.2. The van der Waals surface area contributed by atoms with Gasteiger partial charge < -0.3 is 9.30 Å². The van der Waals surface area contributed by atoms with Crippen molar-refractivity contribution in [3.63, 3.8) is 0 Å². The fourth-order valence-corrected chi connectivity index (χ4v) is 6.93. The Kier molecular flexibility index (Phi) is 6.31. The van der Waals surface area contributed by atoms with Gasteiger partial charge in [0, 0.05) is 25.8 Å². The molecule has 3 aromatic carbocycles.